The van der Waals surface area contributed by atoms with Crippen LogP contribution in [0.3, 0.4) is 0 Å². The van der Waals surface area contributed by atoms with Crippen LogP contribution in [0.2, 0.25) is 0 Å². The maximum Gasteiger partial charge on any atom is 0.266 e. The summed E-state index contributed by atoms with van der Waals surface area (Å²) in [5, 5.41) is 14.4. The number of fused-ring (bicyclic) bond motifs is 1. The van der Waals surface area contributed by atoms with E-state index >= 15 is 0 Å². The molecule has 5 heteroatoms. The quantitative estimate of drug-likeness (QED) is 0.267. The molecule has 0 aliphatic heterocycles. The highest BCUT2D eigenvalue weighted by molar-refractivity contribution is 6.11. The fraction of sp³-hybridized carbons (Fsp3) is 0.103. The number of carbonyl (C=O) groups is 1. The molecule has 0 saturated carbocycles. The summed E-state index contributed by atoms with van der Waals surface area (Å²) in [6.45, 7) is 2.41. The second-order valence-corrected chi connectivity index (χ2v) is 7.83. The summed E-state index contributed by atoms with van der Waals surface area (Å²) in [6, 6.07) is 28.7. The van der Waals surface area contributed by atoms with Crippen LogP contribution in [0.5, 0.6) is 11.5 Å². The Morgan fingerprint density at radius 1 is 0.971 bits per heavy atom. The molecule has 34 heavy (non-hydrogen) atoms. The van der Waals surface area contributed by atoms with Gasteiger partial charge in [0.15, 0.2) is 0 Å². The smallest absolute Gasteiger partial charge is 0.266 e. The molecule has 4 aromatic rings. The summed E-state index contributed by atoms with van der Waals surface area (Å²) < 4.78 is 11.3. The average molecular weight is 449 g/mol. The van der Waals surface area contributed by atoms with Gasteiger partial charge in [-0.15, -0.1) is 0 Å². The molecule has 0 unspecified atom stereocenters. The van der Waals surface area contributed by atoms with Gasteiger partial charge in [0.25, 0.3) is 5.91 Å². The average Bonchev–Trinajstić information content (AvgIpc) is 2.87. The lowest BCUT2D eigenvalue weighted by molar-refractivity contribution is -0.112. The van der Waals surface area contributed by atoms with Crippen molar-refractivity contribution in [3.63, 3.8) is 0 Å². The first kappa shape index (κ1) is 22.6. The minimum Gasteiger partial charge on any atom is -0.497 e. The van der Waals surface area contributed by atoms with E-state index in [1.165, 1.54) is 5.56 Å². The Balaban J connectivity index is 1.66. The van der Waals surface area contributed by atoms with Crippen LogP contribution in [0.1, 0.15) is 16.7 Å². The maximum absolute atomic E-state index is 12.9. The number of carbonyl (C=O) groups excluding carboxylic acids is 1. The van der Waals surface area contributed by atoms with Crippen molar-refractivity contribution in [2.24, 2.45) is 0 Å². The van der Waals surface area contributed by atoms with Crippen molar-refractivity contribution >= 4 is 28.4 Å². The van der Waals surface area contributed by atoms with E-state index < -0.39 is 5.91 Å². The number of aryl methyl sites for hydroxylation is 1. The highest BCUT2D eigenvalue weighted by atomic mass is 16.5. The number of nitrogens with zero attached hydrogens (tertiary/aromatic N) is 1. The number of ether oxygens (including phenoxy) is 2. The molecule has 0 atom stereocenters. The first-order chi connectivity index (χ1) is 16.6. The van der Waals surface area contributed by atoms with E-state index in [2.05, 4.69) is 5.32 Å². The van der Waals surface area contributed by atoms with Crippen molar-refractivity contribution in [3.05, 3.63) is 107 Å². The third kappa shape index (κ3) is 5.25. The maximum atomic E-state index is 12.9. The van der Waals surface area contributed by atoms with Gasteiger partial charge < -0.3 is 14.8 Å². The Kier molecular flexibility index (Phi) is 6.90. The van der Waals surface area contributed by atoms with Crippen molar-refractivity contribution in [2.45, 2.75) is 13.5 Å². The van der Waals surface area contributed by atoms with Crippen LogP contribution < -0.4 is 14.8 Å². The number of hydrogen-bond acceptors (Lipinski definition) is 4. The van der Waals surface area contributed by atoms with Gasteiger partial charge in [-0.2, -0.15) is 5.26 Å². The first-order valence-electron chi connectivity index (χ1n) is 10.8. The summed E-state index contributed by atoms with van der Waals surface area (Å²) in [4.78, 5) is 12.9. The Hall–Kier alpha value is -4.56. The normalized spacial score (nSPS) is 11.0. The molecule has 0 aliphatic rings. The number of nitrogens with one attached hydrogen (secondary N) is 1. The molecule has 1 amide bonds. The molecule has 0 fully saturated rings. The molecule has 0 spiro atoms. The van der Waals surface area contributed by atoms with Gasteiger partial charge >= 0.3 is 0 Å². The molecule has 0 radical (unpaired) electrons. The fourth-order valence-corrected chi connectivity index (χ4v) is 3.56. The predicted molar refractivity (Wildman–Crippen MR) is 135 cm³/mol. The lowest BCUT2D eigenvalue weighted by Crippen LogP contribution is -2.13. The van der Waals surface area contributed by atoms with Gasteiger partial charge in [-0.05, 0) is 59.7 Å². The Morgan fingerprint density at radius 2 is 1.71 bits per heavy atom. The highest BCUT2D eigenvalue weighted by Crippen LogP contribution is 2.31. The van der Waals surface area contributed by atoms with Crippen LogP contribution in [0.4, 0.5) is 5.69 Å². The fourth-order valence-electron chi connectivity index (χ4n) is 3.56. The molecule has 5 nitrogen and oxygen atoms in total. The van der Waals surface area contributed by atoms with E-state index in [1.54, 1.807) is 37.5 Å². The summed E-state index contributed by atoms with van der Waals surface area (Å²) in [5.74, 6) is 0.787. The minimum absolute atomic E-state index is 0.0210. The van der Waals surface area contributed by atoms with E-state index in [-0.39, 0.29) is 5.57 Å². The third-order valence-corrected chi connectivity index (χ3v) is 5.45. The van der Waals surface area contributed by atoms with E-state index in [9.17, 15) is 10.1 Å². The van der Waals surface area contributed by atoms with E-state index in [4.69, 9.17) is 9.47 Å². The van der Waals surface area contributed by atoms with Crippen molar-refractivity contribution in [2.75, 3.05) is 12.4 Å². The summed E-state index contributed by atoms with van der Waals surface area (Å²) >= 11 is 0. The van der Waals surface area contributed by atoms with Crippen LogP contribution in [0.15, 0.2) is 90.5 Å². The number of amides is 1. The van der Waals surface area contributed by atoms with Crippen LogP contribution in [-0.2, 0) is 11.4 Å². The van der Waals surface area contributed by atoms with Gasteiger partial charge in [0.05, 0.1) is 7.11 Å². The van der Waals surface area contributed by atoms with Crippen molar-refractivity contribution in [1.82, 2.24) is 0 Å². The monoisotopic (exact) mass is 448 g/mol. The Bertz CT molecular complexity index is 1380. The summed E-state index contributed by atoms with van der Waals surface area (Å²) in [5.41, 5.74) is 3.45. The van der Waals surface area contributed by atoms with Crippen molar-refractivity contribution < 1.29 is 14.3 Å². The zero-order chi connectivity index (χ0) is 23.9. The molecule has 4 aromatic carbocycles. The number of methoxy groups -OCH3 is 1. The van der Waals surface area contributed by atoms with Gasteiger partial charge in [0, 0.05) is 11.3 Å². The molecule has 0 saturated heterocycles. The molecule has 1 N–H and O–H groups in total. The van der Waals surface area contributed by atoms with Crippen molar-refractivity contribution in [1.29, 1.82) is 5.26 Å². The molecular formula is C29H24N2O3. The predicted octanol–water partition coefficient (Wildman–Crippen LogP) is 6.28. The number of rotatable bonds is 7. The molecule has 168 valence electrons. The molecular weight excluding hydrogens is 424 g/mol. The number of hydrogen-bond donors (Lipinski definition) is 1. The molecule has 4 rings (SSSR count). The zero-order valence-corrected chi connectivity index (χ0v) is 19.0. The van der Waals surface area contributed by atoms with Gasteiger partial charge in [-0.25, -0.2) is 0 Å². The first-order valence-corrected chi connectivity index (χ1v) is 10.8. The molecule has 0 heterocycles. The summed E-state index contributed by atoms with van der Waals surface area (Å²) in [6.07, 6.45) is 1.59. The molecule has 0 bridgehead atoms. The highest BCUT2D eigenvalue weighted by Gasteiger charge is 2.14. The largest absolute Gasteiger partial charge is 0.497 e. The van der Waals surface area contributed by atoms with Crippen LogP contribution in [-0.4, -0.2) is 13.0 Å². The van der Waals surface area contributed by atoms with Gasteiger partial charge in [-0.3, -0.25) is 4.79 Å². The van der Waals surface area contributed by atoms with E-state index in [0.29, 0.717) is 29.4 Å². The number of anilines is 1. The second-order valence-electron chi connectivity index (χ2n) is 7.83. The zero-order valence-electron chi connectivity index (χ0n) is 19.0. The minimum atomic E-state index is -0.495. The van der Waals surface area contributed by atoms with E-state index in [1.807, 2.05) is 73.7 Å². The van der Waals surface area contributed by atoms with Gasteiger partial charge in [0.2, 0.25) is 0 Å². The Labute approximate surface area is 198 Å². The van der Waals surface area contributed by atoms with Crippen LogP contribution >= 0.6 is 0 Å². The summed E-state index contributed by atoms with van der Waals surface area (Å²) in [7, 11) is 1.58. The van der Waals surface area contributed by atoms with Gasteiger partial charge in [0.1, 0.15) is 29.7 Å². The third-order valence-electron chi connectivity index (χ3n) is 5.45. The topological polar surface area (TPSA) is 71.3 Å². The molecule has 0 aromatic heterocycles. The van der Waals surface area contributed by atoms with Crippen molar-refractivity contribution in [3.8, 4) is 17.6 Å². The number of nitriles is 1. The Morgan fingerprint density at radius 3 is 2.41 bits per heavy atom. The SMILES string of the molecule is COc1ccc(NC(=O)/C(C#N)=C/c2c(OCc3ccc(C)cc3)ccc3ccccc23)cc1. The van der Waals surface area contributed by atoms with Gasteiger partial charge in [-0.1, -0.05) is 60.2 Å². The number of benzene rings is 4. The van der Waals surface area contributed by atoms with E-state index in [0.717, 1.165) is 16.3 Å². The van der Waals surface area contributed by atoms with Crippen LogP contribution in [0.25, 0.3) is 16.8 Å². The second kappa shape index (κ2) is 10.4. The lowest BCUT2D eigenvalue weighted by Gasteiger charge is -2.13. The standard InChI is InChI=1S/C29H24N2O3/c1-20-7-9-21(10-8-20)19-34-28-16-11-22-5-3-4-6-26(22)27(28)17-23(18-30)29(32)31-24-12-14-25(33-2)15-13-24/h3-17H,19H2,1-2H3,(H,31,32)/b23-17+. The molecule has 0 aliphatic carbocycles. The lowest BCUT2D eigenvalue weighted by atomic mass is 10.0. The van der Waals surface area contributed by atoms with Crippen LogP contribution in [0, 0.1) is 18.3 Å².